The molecule has 0 aromatic heterocycles. The highest BCUT2D eigenvalue weighted by molar-refractivity contribution is 5.74. The topological polar surface area (TPSA) is 52.6 Å². The van der Waals surface area contributed by atoms with Gasteiger partial charge in [0.05, 0.1) is 6.61 Å². The molecule has 0 N–H and O–H groups in total. The Balaban J connectivity index is 1.97. The van der Waals surface area contributed by atoms with Crippen molar-refractivity contribution in [3.05, 3.63) is 29.3 Å². The van der Waals surface area contributed by atoms with Crippen LogP contribution in [0.1, 0.15) is 102 Å². The fraction of sp³-hybridized carbons (Fsp3) is 0.680. The van der Waals surface area contributed by atoms with Gasteiger partial charge in [-0.15, -0.1) is 0 Å². The molecule has 0 atom stereocenters. The summed E-state index contributed by atoms with van der Waals surface area (Å²) in [4.78, 5) is 23.7. The predicted molar refractivity (Wildman–Crippen MR) is 118 cm³/mol. The largest absolute Gasteiger partial charge is 0.466 e. The molecule has 0 aliphatic rings. The zero-order valence-corrected chi connectivity index (χ0v) is 18.8. The molecule has 1 aromatic rings. The van der Waals surface area contributed by atoms with E-state index in [1.165, 1.54) is 51.4 Å². The smallest absolute Gasteiger partial charge is 0.311 e. The number of benzene rings is 1. The third-order valence-corrected chi connectivity index (χ3v) is 5.09. The predicted octanol–water partition coefficient (Wildman–Crippen LogP) is 6.84. The Hall–Kier alpha value is -1.84. The molecule has 1 rings (SSSR count). The fourth-order valence-corrected chi connectivity index (χ4v) is 3.22. The molecule has 0 heterocycles. The summed E-state index contributed by atoms with van der Waals surface area (Å²) < 4.78 is 10.6. The van der Waals surface area contributed by atoms with Gasteiger partial charge in [-0.2, -0.15) is 0 Å². The summed E-state index contributed by atoms with van der Waals surface area (Å²) in [7, 11) is 0. The molecule has 4 heteroatoms. The van der Waals surface area contributed by atoms with Crippen molar-refractivity contribution < 1.29 is 19.1 Å². The van der Waals surface area contributed by atoms with Crippen molar-refractivity contribution in [1.29, 1.82) is 0 Å². The van der Waals surface area contributed by atoms with E-state index in [1.54, 1.807) is 0 Å². The molecule has 0 aliphatic heterocycles. The molecular weight excluding hydrogens is 364 g/mol. The van der Waals surface area contributed by atoms with Crippen LogP contribution in [0.2, 0.25) is 0 Å². The van der Waals surface area contributed by atoms with Crippen LogP contribution in [0.3, 0.4) is 0 Å². The average molecular weight is 405 g/mol. The van der Waals surface area contributed by atoms with Gasteiger partial charge in [0.15, 0.2) is 0 Å². The highest BCUT2D eigenvalue weighted by Crippen LogP contribution is 2.20. The van der Waals surface area contributed by atoms with E-state index in [2.05, 4.69) is 6.92 Å². The first kappa shape index (κ1) is 25.2. The first-order valence-electron chi connectivity index (χ1n) is 11.5. The van der Waals surface area contributed by atoms with Crippen LogP contribution in [0.5, 0.6) is 5.75 Å². The van der Waals surface area contributed by atoms with Gasteiger partial charge in [-0.25, -0.2) is 0 Å². The lowest BCUT2D eigenvalue weighted by atomic mass is 10.1. The fourth-order valence-electron chi connectivity index (χ4n) is 3.22. The van der Waals surface area contributed by atoms with Gasteiger partial charge in [0, 0.05) is 12.8 Å². The summed E-state index contributed by atoms with van der Waals surface area (Å²) in [5, 5.41) is 0. The minimum atomic E-state index is -0.304. The lowest BCUT2D eigenvalue weighted by Crippen LogP contribution is -2.11. The molecule has 164 valence electrons. The monoisotopic (exact) mass is 404 g/mol. The molecule has 1 aromatic carbocycles. The van der Waals surface area contributed by atoms with Crippen LogP contribution in [-0.2, 0) is 14.3 Å². The van der Waals surface area contributed by atoms with Crippen molar-refractivity contribution in [3.8, 4) is 5.75 Å². The van der Waals surface area contributed by atoms with E-state index in [0.29, 0.717) is 18.8 Å². The summed E-state index contributed by atoms with van der Waals surface area (Å²) >= 11 is 0. The molecule has 0 radical (unpaired) electrons. The third-order valence-electron chi connectivity index (χ3n) is 5.09. The normalized spacial score (nSPS) is 10.7. The van der Waals surface area contributed by atoms with Crippen LogP contribution in [0, 0.1) is 13.8 Å². The number of hydrogen-bond donors (Lipinski definition) is 0. The van der Waals surface area contributed by atoms with Crippen LogP contribution >= 0.6 is 0 Å². The van der Waals surface area contributed by atoms with Gasteiger partial charge >= 0.3 is 11.9 Å². The number of rotatable bonds is 16. The molecule has 0 bridgehead atoms. The second kappa shape index (κ2) is 16.0. The maximum atomic E-state index is 11.9. The van der Waals surface area contributed by atoms with Gasteiger partial charge in [-0.05, 0) is 43.9 Å². The Morgan fingerprint density at radius 3 is 2.00 bits per heavy atom. The van der Waals surface area contributed by atoms with Gasteiger partial charge in [0.1, 0.15) is 5.75 Å². The van der Waals surface area contributed by atoms with E-state index >= 15 is 0 Å². The lowest BCUT2D eigenvalue weighted by Gasteiger charge is -2.08. The van der Waals surface area contributed by atoms with Gasteiger partial charge in [-0.3, -0.25) is 9.59 Å². The van der Waals surface area contributed by atoms with Gasteiger partial charge in [0.2, 0.25) is 0 Å². The zero-order valence-electron chi connectivity index (χ0n) is 18.8. The molecule has 29 heavy (non-hydrogen) atoms. The van der Waals surface area contributed by atoms with E-state index in [-0.39, 0.29) is 24.8 Å². The summed E-state index contributed by atoms with van der Waals surface area (Å²) in [6.07, 6.45) is 13.6. The Kier molecular flexibility index (Phi) is 13.9. The van der Waals surface area contributed by atoms with Crippen molar-refractivity contribution in [2.75, 3.05) is 6.61 Å². The van der Waals surface area contributed by atoms with Gasteiger partial charge in [-0.1, -0.05) is 76.8 Å². The molecule has 0 amide bonds. The Labute approximate surface area is 177 Å². The molecule has 4 nitrogen and oxygen atoms in total. The van der Waals surface area contributed by atoms with E-state index in [0.717, 1.165) is 24.0 Å². The number of esters is 2. The second-order valence-electron chi connectivity index (χ2n) is 8.00. The molecule has 0 saturated heterocycles. The summed E-state index contributed by atoms with van der Waals surface area (Å²) in [5.41, 5.74) is 1.98. The number of aryl methyl sites for hydroxylation is 2. The van der Waals surface area contributed by atoms with Crippen molar-refractivity contribution in [2.24, 2.45) is 0 Å². The van der Waals surface area contributed by atoms with Crippen LogP contribution < -0.4 is 4.74 Å². The van der Waals surface area contributed by atoms with Crippen LogP contribution in [0.4, 0.5) is 0 Å². The number of carbonyl (C=O) groups is 2. The van der Waals surface area contributed by atoms with Gasteiger partial charge in [0.25, 0.3) is 0 Å². The minimum absolute atomic E-state index is 0.222. The first-order valence-corrected chi connectivity index (χ1v) is 11.5. The molecular formula is C25H40O4. The molecule has 0 fully saturated rings. The number of unbranched alkanes of at least 4 members (excludes halogenated alkanes) is 9. The third kappa shape index (κ3) is 13.1. The standard InChI is InChI=1S/C25H40O4/c1-4-5-6-7-8-9-10-11-12-13-19-28-24(26)15-14-16-25(27)29-23-20-21(2)17-18-22(23)3/h17-18,20H,4-16,19H2,1-3H3. The number of hydrogen-bond acceptors (Lipinski definition) is 4. The van der Waals surface area contributed by atoms with E-state index in [4.69, 9.17) is 9.47 Å². The lowest BCUT2D eigenvalue weighted by molar-refractivity contribution is -0.144. The molecule has 0 saturated carbocycles. The maximum Gasteiger partial charge on any atom is 0.311 e. The van der Waals surface area contributed by atoms with Crippen LogP contribution in [-0.4, -0.2) is 18.5 Å². The second-order valence-corrected chi connectivity index (χ2v) is 8.00. The highest BCUT2D eigenvalue weighted by Gasteiger charge is 2.10. The average Bonchev–Trinajstić information content (AvgIpc) is 2.69. The maximum absolute atomic E-state index is 11.9. The minimum Gasteiger partial charge on any atom is -0.466 e. The van der Waals surface area contributed by atoms with Crippen molar-refractivity contribution in [2.45, 2.75) is 104 Å². The number of carbonyl (C=O) groups excluding carboxylic acids is 2. The van der Waals surface area contributed by atoms with Crippen molar-refractivity contribution in [1.82, 2.24) is 0 Å². The quantitative estimate of drug-likeness (QED) is 0.172. The Bertz CT molecular complexity index is 594. The zero-order chi connectivity index (χ0) is 21.3. The SMILES string of the molecule is CCCCCCCCCCCCOC(=O)CCCC(=O)Oc1cc(C)ccc1C. The van der Waals surface area contributed by atoms with Crippen molar-refractivity contribution >= 4 is 11.9 Å². The van der Waals surface area contributed by atoms with E-state index < -0.39 is 0 Å². The van der Waals surface area contributed by atoms with E-state index in [9.17, 15) is 9.59 Å². The molecule has 0 aliphatic carbocycles. The van der Waals surface area contributed by atoms with Crippen molar-refractivity contribution in [3.63, 3.8) is 0 Å². The highest BCUT2D eigenvalue weighted by atomic mass is 16.5. The van der Waals surface area contributed by atoms with Crippen LogP contribution in [0.15, 0.2) is 18.2 Å². The Morgan fingerprint density at radius 1 is 0.759 bits per heavy atom. The summed E-state index contributed by atoms with van der Waals surface area (Å²) in [6, 6.07) is 5.77. The summed E-state index contributed by atoms with van der Waals surface area (Å²) in [6.45, 7) is 6.60. The first-order chi connectivity index (χ1) is 14.0. The van der Waals surface area contributed by atoms with Crippen LogP contribution in [0.25, 0.3) is 0 Å². The van der Waals surface area contributed by atoms with E-state index in [1.807, 2.05) is 32.0 Å². The Morgan fingerprint density at radius 2 is 1.34 bits per heavy atom. The molecule has 0 unspecified atom stereocenters. The van der Waals surface area contributed by atoms with Gasteiger partial charge < -0.3 is 9.47 Å². The summed E-state index contributed by atoms with van der Waals surface area (Å²) in [5.74, 6) is 0.0696. The number of ether oxygens (including phenoxy) is 2. The molecule has 0 spiro atoms.